The number of rotatable bonds is 3. The Morgan fingerprint density at radius 3 is 2.52 bits per heavy atom. The SMILES string of the molecule is COc1cncc(C(O)c2ccc(Br)c(C(F)(F)F)c2)c1. The van der Waals surface area contributed by atoms with E-state index >= 15 is 0 Å². The molecule has 0 aliphatic rings. The Hall–Kier alpha value is -1.60. The van der Waals surface area contributed by atoms with E-state index in [4.69, 9.17) is 4.74 Å². The fourth-order valence-electron chi connectivity index (χ4n) is 1.82. The van der Waals surface area contributed by atoms with Gasteiger partial charge in [-0.1, -0.05) is 22.0 Å². The van der Waals surface area contributed by atoms with E-state index in [1.54, 1.807) is 0 Å². The summed E-state index contributed by atoms with van der Waals surface area (Å²) in [4.78, 5) is 3.87. The second-order valence-electron chi connectivity index (χ2n) is 4.30. The highest BCUT2D eigenvalue weighted by molar-refractivity contribution is 9.10. The topological polar surface area (TPSA) is 42.4 Å². The van der Waals surface area contributed by atoms with Gasteiger partial charge in [0, 0.05) is 16.2 Å². The average molecular weight is 362 g/mol. The molecule has 0 spiro atoms. The standard InChI is InChI=1S/C14H11BrF3NO2/c1-21-10-4-9(6-19-7-10)13(20)8-2-3-12(15)11(5-8)14(16,17)18/h2-7,13,20H,1H3. The number of pyridine rings is 1. The number of hydrogen-bond donors (Lipinski definition) is 1. The number of alkyl halides is 3. The predicted octanol–water partition coefficient (Wildman–Crippen LogP) is 3.95. The Morgan fingerprint density at radius 2 is 1.90 bits per heavy atom. The van der Waals surface area contributed by atoms with Gasteiger partial charge in [0.25, 0.3) is 0 Å². The molecule has 112 valence electrons. The van der Waals surface area contributed by atoms with E-state index in [-0.39, 0.29) is 10.0 Å². The van der Waals surface area contributed by atoms with E-state index in [1.165, 1.54) is 37.7 Å². The summed E-state index contributed by atoms with van der Waals surface area (Å²) in [5.74, 6) is 0.416. The largest absolute Gasteiger partial charge is 0.495 e. The highest BCUT2D eigenvalue weighted by atomic mass is 79.9. The lowest BCUT2D eigenvalue weighted by molar-refractivity contribution is -0.138. The summed E-state index contributed by atoms with van der Waals surface area (Å²) in [6, 6.07) is 5.11. The van der Waals surface area contributed by atoms with E-state index in [0.29, 0.717) is 11.3 Å². The monoisotopic (exact) mass is 361 g/mol. The fraction of sp³-hybridized carbons (Fsp3) is 0.214. The van der Waals surface area contributed by atoms with Gasteiger partial charge >= 0.3 is 6.18 Å². The van der Waals surface area contributed by atoms with Crippen LogP contribution in [0, 0.1) is 0 Å². The number of ether oxygens (including phenoxy) is 1. The van der Waals surface area contributed by atoms with Crippen LogP contribution in [-0.2, 0) is 6.18 Å². The number of aromatic nitrogens is 1. The van der Waals surface area contributed by atoms with Gasteiger partial charge < -0.3 is 9.84 Å². The second-order valence-corrected chi connectivity index (χ2v) is 5.15. The molecule has 0 radical (unpaired) electrons. The van der Waals surface area contributed by atoms with Crippen LogP contribution in [-0.4, -0.2) is 17.2 Å². The zero-order valence-corrected chi connectivity index (χ0v) is 12.4. The Bertz CT molecular complexity index is 646. The maximum atomic E-state index is 12.9. The molecule has 1 atom stereocenters. The predicted molar refractivity (Wildman–Crippen MR) is 74.0 cm³/mol. The van der Waals surface area contributed by atoms with E-state index < -0.39 is 17.8 Å². The van der Waals surface area contributed by atoms with Crippen molar-refractivity contribution in [2.45, 2.75) is 12.3 Å². The minimum absolute atomic E-state index is 0.0743. The molecule has 1 aromatic heterocycles. The summed E-state index contributed by atoms with van der Waals surface area (Å²) < 4.78 is 43.5. The number of aliphatic hydroxyl groups is 1. The molecule has 2 aromatic rings. The van der Waals surface area contributed by atoms with Crippen LogP contribution in [0.1, 0.15) is 22.8 Å². The van der Waals surface area contributed by atoms with Gasteiger partial charge in [-0.15, -0.1) is 0 Å². The minimum Gasteiger partial charge on any atom is -0.495 e. The molecule has 0 bridgehead atoms. The molecule has 7 heteroatoms. The fourth-order valence-corrected chi connectivity index (χ4v) is 2.29. The van der Waals surface area contributed by atoms with Gasteiger partial charge in [-0.25, -0.2) is 0 Å². The van der Waals surface area contributed by atoms with E-state index in [9.17, 15) is 18.3 Å². The van der Waals surface area contributed by atoms with Gasteiger partial charge in [0.2, 0.25) is 0 Å². The third-order valence-corrected chi connectivity index (χ3v) is 3.59. The van der Waals surface area contributed by atoms with Crippen LogP contribution in [0.3, 0.4) is 0 Å². The summed E-state index contributed by atoms with van der Waals surface area (Å²) in [5.41, 5.74) is -0.361. The number of aliphatic hydroxyl groups excluding tert-OH is 1. The first-order valence-corrected chi connectivity index (χ1v) is 6.66. The van der Waals surface area contributed by atoms with Crippen molar-refractivity contribution in [3.63, 3.8) is 0 Å². The first-order chi connectivity index (χ1) is 9.82. The van der Waals surface area contributed by atoms with Crippen LogP contribution in [0.15, 0.2) is 41.1 Å². The quantitative estimate of drug-likeness (QED) is 0.899. The Labute approximate surface area is 127 Å². The van der Waals surface area contributed by atoms with Crippen molar-refractivity contribution in [3.8, 4) is 5.75 Å². The molecule has 3 nitrogen and oxygen atoms in total. The van der Waals surface area contributed by atoms with Gasteiger partial charge in [0.1, 0.15) is 11.9 Å². The molecule has 0 saturated heterocycles. The van der Waals surface area contributed by atoms with Crippen molar-refractivity contribution in [1.29, 1.82) is 0 Å². The highest BCUT2D eigenvalue weighted by Crippen LogP contribution is 2.37. The van der Waals surface area contributed by atoms with E-state index in [1.807, 2.05) is 0 Å². The lowest BCUT2D eigenvalue weighted by atomic mass is 10.0. The molecule has 0 saturated carbocycles. The highest BCUT2D eigenvalue weighted by Gasteiger charge is 2.33. The maximum absolute atomic E-state index is 12.9. The molecular formula is C14H11BrF3NO2. The van der Waals surface area contributed by atoms with E-state index in [2.05, 4.69) is 20.9 Å². The van der Waals surface area contributed by atoms with Crippen LogP contribution in [0.5, 0.6) is 5.75 Å². The van der Waals surface area contributed by atoms with Crippen molar-refractivity contribution < 1.29 is 23.0 Å². The molecule has 0 aliphatic heterocycles. The van der Waals surface area contributed by atoms with Crippen LogP contribution in [0.25, 0.3) is 0 Å². The number of halogens is 4. The Kier molecular flexibility index (Phi) is 4.53. The molecule has 21 heavy (non-hydrogen) atoms. The summed E-state index contributed by atoms with van der Waals surface area (Å²) in [7, 11) is 1.44. The lowest BCUT2D eigenvalue weighted by Gasteiger charge is -2.15. The van der Waals surface area contributed by atoms with Crippen molar-refractivity contribution in [1.82, 2.24) is 4.98 Å². The molecule has 1 heterocycles. The normalized spacial score (nSPS) is 13.0. The molecule has 0 fully saturated rings. The van der Waals surface area contributed by atoms with Crippen molar-refractivity contribution in [2.24, 2.45) is 0 Å². The van der Waals surface area contributed by atoms with Gasteiger partial charge in [-0.3, -0.25) is 4.98 Å². The summed E-state index contributed by atoms with van der Waals surface area (Å²) in [6.07, 6.45) is -2.90. The Balaban J connectivity index is 2.41. The number of nitrogens with zero attached hydrogens (tertiary/aromatic N) is 1. The first-order valence-electron chi connectivity index (χ1n) is 5.86. The van der Waals surface area contributed by atoms with Gasteiger partial charge in [-0.2, -0.15) is 13.2 Å². The number of benzene rings is 1. The minimum atomic E-state index is -4.50. The molecular weight excluding hydrogens is 351 g/mol. The smallest absolute Gasteiger partial charge is 0.417 e. The van der Waals surface area contributed by atoms with Crippen LogP contribution < -0.4 is 4.74 Å². The van der Waals surface area contributed by atoms with Crippen LogP contribution >= 0.6 is 15.9 Å². The summed E-state index contributed by atoms with van der Waals surface area (Å²) in [6.45, 7) is 0. The zero-order valence-electron chi connectivity index (χ0n) is 10.9. The maximum Gasteiger partial charge on any atom is 0.417 e. The second kappa shape index (κ2) is 6.03. The van der Waals surface area contributed by atoms with Crippen LogP contribution in [0.2, 0.25) is 0 Å². The average Bonchev–Trinajstić information content (AvgIpc) is 2.46. The van der Waals surface area contributed by atoms with Gasteiger partial charge in [-0.05, 0) is 23.8 Å². The molecule has 2 rings (SSSR count). The van der Waals surface area contributed by atoms with Gasteiger partial charge in [0.05, 0.1) is 18.9 Å². The van der Waals surface area contributed by atoms with Crippen molar-refractivity contribution >= 4 is 15.9 Å². The third-order valence-electron chi connectivity index (χ3n) is 2.90. The first kappa shape index (κ1) is 15.8. The van der Waals surface area contributed by atoms with Crippen molar-refractivity contribution in [3.05, 3.63) is 57.8 Å². The van der Waals surface area contributed by atoms with Crippen LogP contribution in [0.4, 0.5) is 13.2 Å². The lowest BCUT2D eigenvalue weighted by Crippen LogP contribution is -2.09. The molecule has 0 amide bonds. The molecule has 1 N–H and O–H groups in total. The molecule has 0 aliphatic carbocycles. The summed E-state index contributed by atoms with van der Waals surface area (Å²) in [5, 5.41) is 10.2. The number of hydrogen-bond acceptors (Lipinski definition) is 3. The molecule has 1 aromatic carbocycles. The van der Waals surface area contributed by atoms with E-state index in [0.717, 1.165) is 6.07 Å². The summed E-state index contributed by atoms with van der Waals surface area (Å²) >= 11 is 2.86. The zero-order chi connectivity index (χ0) is 15.6. The Morgan fingerprint density at radius 1 is 1.19 bits per heavy atom. The third kappa shape index (κ3) is 3.54. The molecule has 1 unspecified atom stereocenters. The number of methoxy groups -OCH3 is 1. The van der Waals surface area contributed by atoms with Gasteiger partial charge in [0.15, 0.2) is 0 Å². The van der Waals surface area contributed by atoms with Crippen molar-refractivity contribution in [2.75, 3.05) is 7.11 Å².